The molecular weight excluding hydrogens is 470 g/mol. The van der Waals surface area contributed by atoms with Gasteiger partial charge in [-0.25, -0.2) is 0 Å². The second kappa shape index (κ2) is 8.95. The van der Waals surface area contributed by atoms with Gasteiger partial charge in [-0.3, -0.25) is 19.5 Å². The summed E-state index contributed by atoms with van der Waals surface area (Å²) in [7, 11) is 0. The molecule has 0 saturated carbocycles. The SMILES string of the molecule is Cc1cc(Cl)cc(-c2ccnc3cc(CN4C(=O)CC(C)(C)C4=O)sc23)c1O[C@H]1CCCNC1. The lowest BCUT2D eigenvalue weighted by molar-refractivity contribution is -0.141. The van der Waals surface area contributed by atoms with Gasteiger partial charge in [0.15, 0.2) is 0 Å². The van der Waals surface area contributed by atoms with Gasteiger partial charge < -0.3 is 10.1 Å². The van der Waals surface area contributed by atoms with Gasteiger partial charge in [-0.2, -0.15) is 0 Å². The Kier molecular flexibility index (Phi) is 6.12. The second-order valence-corrected chi connectivity index (χ2v) is 11.4. The predicted octanol–water partition coefficient (Wildman–Crippen LogP) is 5.34. The number of fused-ring (bicyclic) bond motifs is 1. The molecule has 6 nitrogen and oxygen atoms in total. The Balaban J connectivity index is 1.53. The third-order valence-corrected chi connectivity index (χ3v) is 7.92. The number of hydrogen-bond acceptors (Lipinski definition) is 6. The van der Waals surface area contributed by atoms with Gasteiger partial charge in [0.05, 0.1) is 22.2 Å². The van der Waals surface area contributed by atoms with E-state index in [0.717, 1.165) is 63.5 Å². The zero-order valence-corrected chi connectivity index (χ0v) is 21.2. The Morgan fingerprint density at radius 1 is 1.26 bits per heavy atom. The molecule has 1 atom stereocenters. The molecular formula is C26H28ClN3O3S. The molecule has 0 spiro atoms. The summed E-state index contributed by atoms with van der Waals surface area (Å²) in [6.45, 7) is 7.78. The van der Waals surface area contributed by atoms with Crippen molar-refractivity contribution in [3.63, 3.8) is 0 Å². The summed E-state index contributed by atoms with van der Waals surface area (Å²) in [4.78, 5) is 32.0. The number of likely N-dealkylation sites (tertiary alicyclic amines) is 1. The fourth-order valence-electron chi connectivity index (χ4n) is 4.79. The summed E-state index contributed by atoms with van der Waals surface area (Å²) >= 11 is 8.04. The number of pyridine rings is 1. The van der Waals surface area contributed by atoms with Crippen LogP contribution in [0.5, 0.6) is 5.75 Å². The zero-order chi connectivity index (χ0) is 24.0. The van der Waals surface area contributed by atoms with Gasteiger partial charge in [-0.05, 0) is 56.1 Å². The number of ether oxygens (including phenoxy) is 1. The molecule has 8 heteroatoms. The molecule has 5 rings (SSSR count). The van der Waals surface area contributed by atoms with E-state index in [-0.39, 0.29) is 30.9 Å². The monoisotopic (exact) mass is 497 g/mol. The number of hydrogen-bond donors (Lipinski definition) is 1. The number of nitrogens with one attached hydrogen (secondary N) is 1. The second-order valence-electron chi connectivity index (χ2n) is 9.82. The van der Waals surface area contributed by atoms with E-state index in [2.05, 4.69) is 10.3 Å². The minimum atomic E-state index is -0.643. The van der Waals surface area contributed by atoms with Crippen LogP contribution in [-0.2, 0) is 16.1 Å². The maximum absolute atomic E-state index is 12.7. The van der Waals surface area contributed by atoms with E-state index in [1.54, 1.807) is 17.5 Å². The van der Waals surface area contributed by atoms with Gasteiger partial charge in [-0.1, -0.05) is 25.4 Å². The van der Waals surface area contributed by atoms with Gasteiger partial charge >= 0.3 is 0 Å². The van der Waals surface area contributed by atoms with Crippen LogP contribution in [0.1, 0.15) is 43.6 Å². The highest BCUT2D eigenvalue weighted by molar-refractivity contribution is 7.19. The highest BCUT2D eigenvalue weighted by Crippen LogP contribution is 2.42. The van der Waals surface area contributed by atoms with Crippen molar-refractivity contribution in [3.8, 4) is 16.9 Å². The van der Waals surface area contributed by atoms with Crippen molar-refractivity contribution in [2.45, 2.75) is 52.7 Å². The van der Waals surface area contributed by atoms with Gasteiger partial charge in [0.2, 0.25) is 11.8 Å². The van der Waals surface area contributed by atoms with E-state index >= 15 is 0 Å². The molecule has 2 saturated heterocycles. The molecule has 0 radical (unpaired) electrons. The van der Waals surface area contributed by atoms with Crippen LogP contribution in [0.25, 0.3) is 21.3 Å². The van der Waals surface area contributed by atoms with Crippen molar-refractivity contribution in [3.05, 3.63) is 45.9 Å². The van der Waals surface area contributed by atoms with Gasteiger partial charge in [0.1, 0.15) is 11.9 Å². The fourth-order valence-corrected chi connectivity index (χ4v) is 6.20. The number of halogens is 1. The molecule has 178 valence electrons. The number of carbonyl (C=O) groups is 2. The molecule has 4 heterocycles. The summed E-state index contributed by atoms with van der Waals surface area (Å²) in [5.74, 6) is 0.598. The van der Waals surface area contributed by atoms with Gasteiger partial charge in [0.25, 0.3) is 0 Å². The van der Waals surface area contributed by atoms with Crippen LogP contribution >= 0.6 is 22.9 Å². The molecule has 2 aromatic heterocycles. The summed E-state index contributed by atoms with van der Waals surface area (Å²) in [6.07, 6.45) is 4.24. The maximum atomic E-state index is 12.7. The predicted molar refractivity (Wildman–Crippen MR) is 135 cm³/mol. The van der Waals surface area contributed by atoms with E-state index in [1.165, 1.54) is 4.90 Å². The minimum Gasteiger partial charge on any atom is -0.488 e. The van der Waals surface area contributed by atoms with E-state index in [4.69, 9.17) is 16.3 Å². The maximum Gasteiger partial charge on any atom is 0.235 e. The van der Waals surface area contributed by atoms with E-state index in [0.29, 0.717) is 5.02 Å². The minimum absolute atomic E-state index is 0.110. The van der Waals surface area contributed by atoms with Gasteiger partial charge in [-0.15, -0.1) is 11.3 Å². The normalized spacial score (nSPS) is 20.4. The van der Waals surface area contributed by atoms with Crippen LogP contribution in [-0.4, -0.2) is 40.9 Å². The number of thiophene rings is 1. The largest absolute Gasteiger partial charge is 0.488 e. The third kappa shape index (κ3) is 4.32. The first kappa shape index (κ1) is 23.3. The van der Waals surface area contributed by atoms with Crippen LogP contribution in [0.2, 0.25) is 5.02 Å². The standard InChI is InChI=1S/C26H28ClN3O3S/c1-15-9-16(27)10-20(23(15)33-17-5-4-7-28-13-17)19-6-8-29-21-11-18(34-24(19)21)14-30-22(31)12-26(2,3)25(30)32/h6,8-11,17,28H,4-5,7,12-14H2,1-3H3/t17-/m0/s1. The highest BCUT2D eigenvalue weighted by Gasteiger charge is 2.44. The van der Waals surface area contributed by atoms with Crippen LogP contribution in [0.4, 0.5) is 0 Å². The van der Waals surface area contributed by atoms with Crippen LogP contribution in [0, 0.1) is 12.3 Å². The summed E-state index contributed by atoms with van der Waals surface area (Å²) < 4.78 is 7.50. The average molecular weight is 498 g/mol. The first-order valence-corrected chi connectivity index (χ1v) is 12.8. The Hall–Kier alpha value is -2.48. The van der Waals surface area contributed by atoms with Crippen LogP contribution < -0.4 is 10.1 Å². The Morgan fingerprint density at radius 3 is 2.79 bits per heavy atom. The number of carbonyl (C=O) groups excluding carboxylic acids is 2. The van der Waals surface area contributed by atoms with Crippen LogP contribution in [0.15, 0.2) is 30.5 Å². The zero-order valence-electron chi connectivity index (χ0n) is 19.6. The molecule has 2 fully saturated rings. The quantitative estimate of drug-likeness (QED) is 0.482. The van der Waals surface area contributed by atoms with Crippen LogP contribution in [0.3, 0.4) is 0 Å². The summed E-state index contributed by atoms with van der Waals surface area (Å²) in [6, 6.07) is 7.83. The number of aromatic nitrogens is 1. The molecule has 2 aliphatic rings. The van der Waals surface area contributed by atoms with Crippen molar-refractivity contribution in [1.82, 2.24) is 15.2 Å². The molecule has 2 aliphatic heterocycles. The molecule has 3 aromatic rings. The number of amides is 2. The molecule has 34 heavy (non-hydrogen) atoms. The number of rotatable bonds is 5. The Morgan fingerprint density at radius 2 is 2.09 bits per heavy atom. The molecule has 0 bridgehead atoms. The number of imide groups is 1. The van der Waals surface area contributed by atoms with Crippen molar-refractivity contribution < 1.29 is 14.3 Å². The summed E-state index contributed by atoms with van der Waals surface area (Å²) in [5.41, 5.74) is 3.11. The molecule has 0 unspecified atom stereocenters. The number of benzene rings is 1. The smallest absolute Gasteiger partial charge is 0.235 e. The highest BCUT2D eigenvalue weighted by atomic mass is 35.5. The average Bonchev–Trinajstić information content (AvgIpc) is 3.29. The van der Waals surface area contributed by atoms with E-state index in [1.807, 2.05) is 45.0 Å². The molecule has 2 amide bonds. The topological polar surface area (TPSA) is 71.5 Å². The number of nitrogens with zero attached hydrogens (tertiary/aromatic N) is 2. The lowest BCUT2D eigenvalue weighted by Gasteiger charge is -2.26. The fraction of sp³-hybridized carbons (Fsp3) is 0.423. The molecule has 1 aromatic carbocycles. The third-order valence-electron chi connectivity index (χ3n) is 6.56. The van der Waals surface area contributed by atoms with E-state index < -0.39 is 5.41 Å². The van der Waals surface area contributed by atoms with Crippen molar-refractivity contribution in [2.24, 2.45) is 5.41 Å². The Labute approximate surface area is 208 Å². The van der Waals surface area contributed by atoms with E-state index in [9.17, 15) is 9.59 Å². The first-order chi connectivity index (χ1) is 16.2. The lowest BCUT2D eigenvalue weighted by Crippen LogP contribution is -2.37. The van der Waals surface area contributed by atoms with Crippen molar-refractivity contribution in [1.29, 1.82) is 0 Å². The number of piperidine rings is 1. The van der Waals surface area contributed by atoms with Gasteiger partial charge in [0, 0.05) is 40.2 Å². The lowest BCUT2D eigenvalue weighted by atomic mass is 9.92. The Bertz CT molecular complexity index is 1280. The summed E-state index contributed by atoms with van der Waals surface area (Å²) in [5, 5.41) is 4.06. The first-order valence-electron chi connectivity index (χ1n) is 11.6. The number of aryl methyl sites for hydroxylation is 1. The molecule has 0 aliphatic carbocycles. The molecule has 1 N–H and O–H groups in total. The van der Waals surface area contributed by atoms with Crippen molar-refractivity contribution >= 4 is 45.0 Å². The van der Waals surface area contributed by atoms with Crippen molar-refractivity contribution in [2.75, 3.05) is 13.1 Å².